The highest BCUT2D eigenvalue weighted by Crippen LogP contribution is 2.64. The van der Waals surface area contributed by atoms with Crippen LogP contribution in [0.15, 0.2) is 0 Å². The van der Waals surface area contributed by atoms with E-state index in [1.807, 2.05) is 0 Å². The van der Waals surface area contributed by atoms with Crippen molar-refractivity contribution in [3.8, 4) is 0 Å². The lowest BCUT2D eigenvalue weighted by atomic mass is 10.1. The minimum absolute atomic E-state index is 0.357. The Labute approximate surface area is 89.5 Å². The molecular formula is C4H3Cl2F6O2P. The Kier molecular flexibility index (Phi) is 4.07. The van der Waals surface area contributed by atoms with E-state index in [0.717, 1.165) is 0 Å². The summed E-state index contributed by atoms with van der Waals surface area (Å²) < 4.78 is 85.9. The Morgan fingerprint density at radius 3 is 1.33 bits per heavy atom. The second kappa shape index (κ2) is 3.98. The lowest BCUT2D eigenvalue weighted by Gasteiger charge is -2.33. The zero-order valence-corrected chi connectivity index (χ0v) is 9.19. The molecule has 92 valence electrons. The smallest absolute Gasteiger partial charge is 0.280 e. The van der Waals surface area contributed by atoms with Gasteiger partial charge in [0.2, 0.25) is 0 Å². The van der Waals surface area contributed by atoms with Crippen LogP contribution in [0.25, 0.3) is 0 Å². The molecule has 0 radical (unpaired) electrons. The Balaban J connectivity index is 5.35. The van der Waals surface area contributed by atoms with Crippen molar-refractivity contribution >= 4 is 28.6 Å². The maximum Gasteiger partial charge on any atom is 0.426 e. The fraction of sp³-hybridized carbons (Fsp3) is 1.00. The first-order chi connectivity index (χ1) is 6.21. The molecule has 0 aromatic carbocycles. The van der Waals surface area contributed by atoms with Crippen LogP contribution < -0.4 is 0 Å². The molecule has 0 aliphatic rings. The van der Waals surface area contributed by atoms with Gasteiger partial charge in [-0.3, -0.25) is 9.09 Å². The average Bonchev–Trinajstić information content (AvgIpc) is 1.77. The largest absolute Gasteiger partial charge is 0.426 e. The number of hydrogen-bond acceptors (Lipinski definition) is 2. The number of halogens is 8. The molecule has 0 aliphatic carbocycles. The van der Waals surface area contributed by atoms with Gasteiger partial charge in [-0.15, -0.1) is 0 Å². The molecule has 0 saturated carbocycles. The quantitative estimate of drug-likeness (QED) is 0.555. The van der Waals surface area contributed by atoms with E-state index in [0.29, 0.717) is 0 Å². The SMILES string of the molecule is CC(OP(=O)(Cl)Cl)(C(F)(F)F)C(F)(F)F. The van der Waals surface area contributed by atoms with E-state index in [4.69, 9.17) is 0 Å². The molecule has 0 saturated heterocycles. The van der Waals surface area contributed by atoms with Crippen LogP contribution in [0, 0.1) is 0 Å². The third-order valence-corrected chi connectivity index (χ3v) is 2.36. The number of hydrogen-bond donors (Lipinski definition) is 0. The molecular weight excluding hydrogens is 296 g/mol. The minimum Gasteiger partial charge on any atom is -0.280 e. The van der Waals surface area contributed by atoms with E-state index < -0.39 is 24.0 Å². The van der Waals surface area contributed by atoms with E-state index in [1.54, 1.807) is 0 Å². The molecule has 0 aromatic heterocycles. The Bertz CT molecular complexity index is 266. The standard InChI is InChI=1S/C4H3Cl2F6O2P/c1-2(3(7,8)9,4(10,11)12)14-15(5,6)13/h1H3. The van der Waals surface area contributed by atoms with Crippen molar-refractivity contribution in [3.05, 3.63) is 0 Å². The highest BCUT2D eigenvalue weighted by Gasteiger charge is 2.71. The maximum absolute atomic E-state index is 12.0. The molecule has 15 heavy (non-hydrogen) atoms. The molecule has 2 nitrogen and oxygen atoms in total. The van der Waals surface area contributed by atoms with Gasteiger partial charge in [0.15, 0.2) is 0 Å². The highest BCUT2D eigenvalue weighted by atomic mass is 35.9. The van der Waals surface area contributed by atoms with E-state index in [1.165, 1.54) is 0 Å². The normalized spacial score (nSPS) is 15.5. The number of rotatable bonds is 2. The van der Waals surface area contributed by atoms with Crippen molar-refractivity contribution in [2.75, 3.05) is 0 Å². The summed E-state index contributed by atoms with van der Waals surface area (Å²) in [6.45, 7) is -0.357. The summed E-state index contributed by atoms with van der Waals surface area (Å²) in [6.07, 6.45) is -16.7. The second-order valence-electron chi connectivity index (χ2n) is 2.53. The third-order valence-electron chi connectivity index (χ3n) is 1.37. The van der Waals surface area contributed by atoms with Gasteiger partial charge in [0.1, 0.15) is 0 Å². The van der Waals surface area contributed by atoms with Gasteiger partial charge in [0.25, 0.3) is 5.60 Å². The highest BCUT2D eigenvalue weighted by molar-refractivity contribution is 8.05. The van der Waals surface area contributed by atoms with Crippen molar-refractivity contribution in [2.24, 2.45) is 0 Å². The van der Waals surface area contributed by atoms with Gasteiger partial charge in [-0.1, -0.05) is 0 Å². The van der Waals surface area contributed by atoms with Crippen molar-refractivity contribution in [3.63, 3.8) is 0 Å². The number of alkyl halides is 6. The topological polar surface area (TPSA) is 26.3 Å². The van der Waals surface area contributed by atoms with E-state index in [-0.39, 0.29) is 6.92 Å². The maximum atomic E-state index is 12.0. The molecule has 0 unspecified atom stereocenters. The van der Waals surface area contributed by atoms with Crippen LogP contribution in [0.1, 0.15) is 6.92 Å². The predicted octanol–water partition coefficient (Wildman–Crippen LogP) is 4.47. The lowest BCUT2D eigenvalue weighted by Crippen LogP contribution is -2.55. The first-order valence-electron chi connectivity index (χ1n) is 3.04. The lowest BCUT2D eigenvalue weighted by molar-refractivity contribution is -0.349. The van der Waals surface area contributed by atoms with Crippen LogP contribution in [-0.4, -0.2) is 18.0 Å². The monoisotopic (exact) mass is 298 g/mol. The first-order valence-corrected chi connectivity index (χ1v) is 6.48. The second-order valence-corrected chi connectivity index (χ2v) is 6.74. The Morgan fingerprint density at radius 2 is 1.27 bits per heavy atom. The van der Waals surface area contributed by atoms with E-state index in [9.17, 15) is 30.9 Å². The van der Waals surface area contributed by atoms with E-state index >= 15 is 0 Å². The summed E-state index contributed by atoms with van der Waals surface area (Å²) in [7, 11) is 0. The Morgan fingerprint density at radius 1 is 1.00 bits per heavy atom. The van der Waals surface area contributed by atoms with Crippen molar-refractivity contribution in [1.29, 1.82) is 0 Å². The van der Waals surface area contributed by atoms with E-state index in [2.05, 4.69) is 27.0 Å². The molecule has 0 aliphatic heterocycles. The summed E-state index contributed by atoms with van der Waals surface area (Å²) >= 11 is 9.06. The minimum atomic E-state index is -5.84. The van der Waals surface area contributed by atoms with Gasteiger partial charge in [-0.2, -0.15) is 26.3 Å². The molecule has 0 amide bonds. The predicted molar refractivity (Wildman–Crippen MR) is 40.9 cm³/mol. The molecule has 0 N–H and O–H groups in total. The molecule has 0 rings (SSSR count). The van der Waals surface area contributed by atoms with Gasteiger partial charge < -0.3 is 0 Å². The van der Waals surface area contributed by atoms with Gasteiger partial charge in [0, 0.05) is 0 Å². The molecule has 0 aromatic rings. The van der Waals surface area contributed by atoms with Crippen molar-refractivity contribution in [2.45, 2.75) is 24.9 Å². The van der Waals surface area contributed by atoms with Crippen LogP contribution in [0.2, 0.25) is 0 Å². The van der Waals surface area contributed by atoms with Crippen molar-refractivity contribution in [1.82, 2.24) is 0 Å². The van der Waals surface area contributed by atoms with Crippen LogP contribution in [0.5, 0.6) is 0 Å². The molecule has 0 atom stereocenters. The molecule has 11 heteroatoms. The first kappa shape index (κ1) is 15.3. The Hall–Kier alpha value is 0.350. The summed E-state index contributed by atoms with van der Waals surface area (Å²) in [4.78, 5) is 0. The van der Waals surface area contributed by atoms with Gasteiger partial charge >= 0.3 is 18.4 Å². The van der Waals surface area contributed by atoms with Crippen LogP contribution in [0.4, 0.5) is 26.3 Å². The molecule has 0 spiro atoms. The summed E-state index contributed by atoms with van der Waals surface area (Å²) in [5.74, 6) is 0. The van der Waals surface area contributed by atoms with Crippen molar-refractivity contribution < 1.29 is 35.4 Å². The average molecular weight is 299 g/mol. The van der Waals surface area contributed by atoms with Crippen LogP contribution in [0.3, 0.4) is 0 Å². The summed E-state index contributed by atoms with van der Waals surface area (Å²) in [5, 5.41) is 0. The molecule has 0 fully saturated rings. The molecule has 0 heterocycles. The zero-order chi connectivity index (χ0) is 12.7. The van der Waals surface area contributed by atoms with Gasteiger partial charge in [-0.25, -0.2) is 0 Å². The summed E-state index contributed by atoms with van der Waals surface area (Å²) in [5.41, 5.74) is -4.67. The van der Waals surface area contributed by atoms with Gasteiger partial charge in [0.05, 0.1) is 0 Å². The summed E-state index contributed by atoms with van der Waals surface area (Å²) in [6, 6.07) is 0. The van der Waals surface area contributed by atoms with Crippen LogP contribution >= 0.6 is 28.6 Å². The molecule has 0 bridgehead atoms. The fourth-order valence-corrected chi connectivity index (χ4v) is 1.94. The third kappa shape index (κ3) is 3.69. The zero-order valence-electron chi connectivity index (χ0n) is 6.79. The fourth-order valence-electron chi connectivity index (χ4n) is 0.477. The van der Waals surface area contributed by atoms with Gasteiger partial charge in [-0.05, 0) is 29.4 Å². The van der Waals surface area contributed by atoms with Crippen LogP contribution in [-0.2, 0) is 9.09 Å².